The Kier molecular flexibility index (Phi) is 6.71. The topological polar surface area (TPSA) is 72.6 Å². The van der Waals surface area contributed by atoms with E-state index in [2.05, 4.69) is 0 Å². The summed E-state index contributed by atoms with van der Waals surface area (Å²) in [5.74, 6) is 0. The molecule has 0 radical (unpaired) electrons. The molecule has 0 spiro atoms. The Bertz CT molecular complexity index is 564. The molecule has 0 unspecified atom stereocenters. The Balaban J connectivity index is 3.12. The number of sulfonamides is 1. The lowest BCUT2D eigenvalue weighted by atomic mass is 10.2. The molecule has 20 heavy (non-hydrogen) atoms. The number of nitrogens with zero attached hydrogens (tertiary/aromatic N) is 1. The van der Waals surface area contributed by atoms with Crippen LogP contribution in [-0.2, 0) is 21.3 Å². The molecule has 114 valence electrons. The Labute approximate surface area is 129 Å². The smallest absolute Gasteiger partial charge is 0.244 e. The minimum atomic E-state index is -3.70. The third kappa shape index (κ3) is 4.07. The van der Waals surface area contributed by atoms with Crippen LogP contribution in [0.15, 0.2) is 17.0 Å². The molecule has 1 aromatic carbocycles. The number of halogens is 2. The van der Waals surface area contributed by atoms with E-state index in [-0.39, 0.29) is 16.5 Å². The fourth-order valence-electron chi connectivity index (χ4n) is 1.67. The van der Waals surface area contributed by atoms with Gasteiger partial charge in [0, 0.05) is 38.9 Å². The summed E-state index contributed by atoms with van der Waals surface area (Å²) in [7, 11) is -0.644. The number of hydrogen-bond acceptors (Lipinski definition) is 4. The van der Waals surface area contributed by atoms with Crippen molar-refractivity contribution in [3.63, 3.8) is 0 Å². The lowest BCUT2D eigenvalue weighted by Crippen LogP contribution is -2.29. The van der Waals surface area contributed by atoms with Gasteiger partial charge >= 0.3 is 0 Å². The number of benzene rings is 1. The summed E-state index contributed by atoms with van der Waals surface area (Å²) < 4.78 is 31.1. The Morgan fingerprint density at radius 3 is 2.55 bits per heavy atom. The quantitative estimate of drug-likeness (QED) is 0.771. The molecular formula is C12H18Cl2N2O3S. The molecule has 0 aromatic heterocycles. The van der Waals surface area contributed by atoms with Gasteiger partial charge in [-0.1, -0.05) is 23.2 Å². The number of nitrogens with two attached hydrogens (primary N) is 1. The molecule has 0 fully saturated rings. The van der Waals surface area contributed by atoms with Gasteiger partial charge in [-0.15, -0.1) is 0 Å². The lowest BCUT2D eigenvalue weighted by molar-refractivity contribution is 0.189. The van der Waals surface area contributed by atoms with E-state index in [9.17, 15) is 8.42 Å². The summed E-state index contributed by atoms with van der Waals surface area (Å²) in [6.07, 6.45) is 0.591. The number of hydrogen-bond donors (Lipinski definition) is 1. The maximum Gasteiger partial charge on any atom is 0.244 e. The molecule has 0 amide bonds. The molecule has 0 aliphatic carbocycles. The Hall–Kier alpha value is -0.370. The Morgan fingerprint density at radius 1 is 1.35 bits per heavy atom. The number of ether oxygens (including phenoxy) is 1. The summed E-state index contributed by atoms with van der Waals surface area (Å²) in [6, 6.07) is 2.90. The standard InChI is InChI=1S/C12H18Cl2N2O3S/c1-16(4-3-5-19-2)20(17,18)11-7-10(13)6-9(8-15)12(11)14/h6-7H,3-5,8,15H2,1-2H3. The second-order valence-corrected chi connectivity index (χ2v) is 7.08. The minimum absolute atomic E-state index is 0.0213. The van der Waals surface area contributed by atoms with Crippen molar-refractivity contribution in [1.29, 1.82) is 0 Å². The summed E-state index contributed by atoms with van der Waals surface area (Å²) in [5.41, 5.74) is 6.04. The predicted octanol–water partition coefficient (Wildman–Crippen LogP) is 2.11. The van der Waals surface area contributed by atoms with Gasteiger partial charge in [0.25, 0.3) is 0 Å². The highest BCUT2D eigenvalue weighted by Crippen LogP contribution is 2.30. The monoisotopic (exact) mass is 340 g/mol. The molecule has 0 saturated heterocycles. The average molecular weight is 341 g/mol. The molecule has 1 rings (SSSR count). The van der Waals surface area contributed by atoms with Gasteiger partial charge in [0.05, 0.1) is 5.02 Å². The molecule has 0 atom stereocenters. The fourth-order valence-corrected chi connectivity index (χ4v) is 3.80. The van der Waals surface area contributed by atoms with Crippen molar-refractivity contribution in [2.45, 2.75) is 17.9 Å². The maximum absolute atomic E-state index is 12.5. The molecule has 1 aromatic rings. The van der Waals surface area contributed by atoms with E-state index in [0.717, 1.165) is 0 Å². The number of rotatable bonds is 7. The van der Waals surface area contributed by atoms with Crippen molar-refractivity contribution in [3.05, 3.63) is 27.7 Å². The lowest BCUT2D eigenvalue weighted by Gasteiger charge is -2.19. The van der Waals surface area contributed by atoms with Gasteiger partial charge in [-0.05, 0) is 24.1 Å². The van der Waals surface area contributed by atoms with Crippen molar-refractivity contribution in [2.24, 2.45) is 5.73 Å². The van der Waals surface area contributed by atoms with Crippen molar-refractivity contribution in [2.75, 3.05) is 27.3 Å². The molecule has 0 aliphatic rings. The second kappa shape index (κ2) is 7.59. The van der Waals surface area contributed by atoms with Gasteiger partial charge in [-0.2, -0.15) is 0 Å². The Morgan fingerprint density at radius 2 is 2.00 bits per heavy atom. The first-order valence-corrected chi connectivity index (χ1v) is 8.17. The van der Waals surface area contributed by atoms with Crippen LogP contribution in [0.25, 0.3) is 0 Å². The normalized spacial score (nSPS) is 12.1. The van der Waals surface area contributed by atoms with Crippen LogP contribution in [0.1, 0.15) is 12.0 Å². The predicted molar refractivity (Wildman–Crippen MR) is 80.7 cm³/mol. The first-order valence-electron chi connectivity index (χ1n) is 5.97. The van der Waals surface area contributed by atoms with E-state index in [1.807, 2.05) is 0 Å². The van der Waals surface area contributed by atoms with Crippen molar-refractivity contribution >= 4 is 33.2 Å². The van der Waals surface area contributed by atoms with E-state index >= 15 is 0 Å². The van der Waals surface area contributed by atoms with E-state index in [1.165, 1.54) is 17.4 Å². The van der Waals surface area contributed by atoms with Crippen LogP contribution in [0.4, 0.5) is 0 Å². The molecular weight excluding hydrogens is 323 g/mol. The highest BCUT2D eigenvalue weighted by Gasteiger charge is 2.25. The van der Waals surface area contributed by atoms with Gasteiger partial charge in [0.15, 0.2) is 0 Å². The molecule has 2 N–H and O–H groups in total. The SMILES string of the molecule is COCCCN(C)S(=O)(=O)c1cc(Cl)cc(CN)c1Cl. The highest BCUT2D eigenvalue weighted by atomic mass is 35.5. The fraction of sp³-hybridized carbons (Fsp3) is 0.500. The highest BCUT2D eigenvalue weighted by molar-refractivity contribution is 7.89. The number of methoxy groups -OCH3 is 1. The first-order chi connectivity index (χ1) is 9.34. The largest absolute Gasteiger partial charge is 0.385 e. The minimum Gasteiger partial charge on any atom is -0.385 e. The van der Waals surface area contributed by atoms with Crippen LogP contribution >= 0.6 is 23.2 Å². The van der Waals surface area contributed by atoms with E-state index in [0.29, 0.717) is 30.2 Å². The van der Waals surface area contributed by atoms with Crippen molar-refractivity contribution < 1.29 is 13.2 Å². The molecule has 8 heteroatoms. The summed E-state index contributed by atoms with van der Waals surface area (Å²) in [6.45, 7) is 0.934. The molecule has 0 bridgehead atoms. The van der Waals surface area contributed by atoms with Gasteiger partial charge < -0.3 is 10.5 Å². The zero-order valence-electron chi connectivity index (χ0n) is 11.4. The van der Waals surface area contributed by atoms with Crippen molar-refractivity contribution in [3.8, 4) is 0 Å². The molecule has 0 aliphatic heterocycles. The van der Waals surface area contributed by atoms with Crippen LogP contribution in [0.5, 0.6) is 0 Å². The summed E-state index contributed by atoms with van der Waals surface area (Å²) in [4.78, 5) is -0.0213. The first kappa shape index (κ1) is 17.7. The second-order valence-electron chi connectivity index (χ2n) is 4.25. The average Bonchev–Trinajstić information content (AvgIpc) is 2.40. The van der Waals surface area contributed by atoms with Gasteiger partial charge in [0.2, 0.25) is 10.0 Å². The van der Waals surface area contributed by atoms with Crippen LogP contribution in [0.3, 0.4) is 0 Å². The van der Waals surface area contributed by atoms with Gasteiger partial charge in [-0.3, -0.25) is 0 Å². The van der Waals surface area contributed by atoms with Crippen LogP contribution < -0.4 is 5.73 Å². The zero-order valence-corrected chi connectivity index (χ0v) is 13.7. The summed E-state index contributed by atoms with van der Waals surface area (Å²) in [5, 5.41) is 0.411. The summed E-state index contributed by atoms with van der Waals surface area (Å²) >= 11 is 12.0. The van der Waals surface area contributed by atoms with Crippen molar-refractivity contribution in [1.82, 2.24) is 4.31 Å². The van der Waals surface area contributed by atoms with Gasteiger partial charge in [0.1, 0.15) is 4.90 Å². The molecule has 5 nitrogen and oxygen atoms in total. The van der Waals surface area contributed by atoms with E-state index in [4.69, 9.17) is 33.7 Å². The van der Waals surface area contributed by atoms with Gasteiger partial charge in [-0.25, -0.2) is 12.7 Å². The third-order valence-electron chi connectivity index (χ3n) is 2.81. The van der Waals surface area contributed by atoms with Crippen LogP contribution in [0.2, 0.25) is 10.0 Å². The van der Waals surface area contributed by atoms with Crippen LogP contribution in [0, 0.1) is 0 Å². The van der Waals surface area contributed by atoms with Crippen LogP contribution in [-0.4, -0.2) is 40.0 Å². The van der Waals surface area contributed by atoms with E-state index in [1.54, 1.807) is 13.2 Å². The zero-order chi connectivity index (χ0) is 15.3. The molecule has 0 heterocycles. The maximum atomic E-state index is 12.5. The molecule has 0 saturated carbocycles. The van der Waals surface area contributed by atoms with E-state index < -0.39 is 10.0 Å². The third-order valence-corrected chi connectivity index (χ3v) is 5.47.